The van der Waals surface area contributed by atoms with Gasteiger partial charge in [0.1, 0.15) is 0 Å². The fourth-order valence-electron chi connectivity index (χ4n) is 1.27. The van der Waals surface area contributed by atoms with Crippen LogP contribution in [-0.4, -0.2) is 5.78 Å². The monoisotopic (exact) mass is 224 g/mol. The minimum absolute atomic E-state index is 0.210. The first-order valence-electron chi connectivity index (χ1n) is 5.40. The Kier molecular flexibility index (Phi) is 3.72. The summed E-state index contributed by atoms with van der Waals surface area (Å²) in [6, 6.07) is 3.96. The molecule has 0 fully saturated rings. The lowest BCUT2D eigenvalue weighted by atomic mass is 9.79. The summed E-state index contributed by atoms with van der Waals surface area (Å²) in [5, 5.41) is 0. The predicted octanol–water partition coefficient (Wildman–Crippen LogP) is 4.31. The van der Waals surface area contributed by atoms with E-state index in [-0.39, 0.29) is 11.2 Å². The average Bonchev–Trinajstić information content (AvgIpc) is 2.50. The molecule has 0 aliphatic rings. The third kappa shape index (κ3) is 3.45. The van der Waals surface area contributed by atoms with Crippen LogP contribution in [0.15, 0.2) is 12.1 Å². The van der Waals surface area contributed by atoms with Gasteiger partial charge in [-0.15, -0.1) is 11.3 Å². The van der Waals surface area contributed by atoms with Gasteiger partial charge in [-0.3, -0.25) is 4.79 Å². The largest absolute Gasteiger partial charge is 0.293 e. The molecule has 1 unspecified atom stereocenters. The molecular formula is C13H20OS. The van der Waals surface area contributed by atoms with Gasteiger partial charge >= 0.3 is 0 Å². The Balaban J connectivity index is 2.64. The zero-order valence-corrected chi connectivity index (χ0v) is 11.1. The maximum atomic E-state index is 11.9. The van der Waals surface area contributed by atoms with Crippen LogP contribution in [0.2, 0.25) is 0 Å². The molecule has 0 spiro atoms. The van der Waals surface area contributed by atoms with E-state index in [9.17, 15) is 4.79 Å². The minimum Gasteiger partial charge on any atom is -0.293 e. The molecule has 0 radical (unpaired) electrons. The summed E-state index contributed by atoms with van der Waals surface area (Å²) in [6.45, 7) is 10.7. The Morgan fingerprint density at radius 2 is 2.00 bits per heavy atom. The van der Waals surface area contributed by atoms with Crippen LogP contribution in [-0.2, 0) is 0 Å². The molecule has 0 saturated carbocycles. The van der Waals surface area contributed by atoms with Crippen molar-refractivity contribution in [2.24, 2.45) is 11.3 Å². The van der Waals surface area contributed by atoms with Gasteiger partial charge in [-0.2, -0.15) is 0 Å². The van der Waals surface area contributed by atoms with Gasteiger partial charge in [0, 0.05) is 11.3 Å². The number of hydrogen-bond acceptors (Lipinski definition) is 2. The van der Waals surface area contributed by atoms with Crippen LogP contribution in [0.3, 0.4) is 0 Å². The topological polar surface area (TPSA) is 17.1 Å². The van der Waals surface area contributed by atoms with Crippen molar-refractivity contribution in [1.29, 1.82) is 0 Å². The van der Waals surface area contributed by atoms with E-state index in [1.807, 2.05) is 19.1 Å². The molecule has 1 aromatic rings. The van der Waals surface area contributed by atoms with Gasteiger partial charge in [-0.1, -0.05) is 27.7 Å². The molecule has 2 heteroatoms. The second-order valence-corrected chi connectivity index (χ2v) is 6.59. The van der Waals surface area contributed by atoms with Crippen LogP contribution in [0.1, 0.15) is 48.7 Å². The second-order valence-electron chi connectivity index (χ2n) is 5.30. The molecule has 0 aliphatic heterocycles. The van der Waals surface area contributed by atoms with Crippen molar-refractivity contribution in [3.8, 4) is 0 Å². The Hall–Kier alpha value is -0.630. The van der Waals surface area contributed by atoms with Gasteiger partial charge in [0.05, 0.1) is 4.88 Å². The van der Waals surface area contributed by atoms with Crippen molar-refractivity contribution in [1.82, 2.24) is 0 Å². The zero-order chi connectivity index (χ0) is 11.6. The van der Waals surface area contributed by atoms with Gasteiger partial charge in [0.15, 0.2) is 5.78 Å². The van der Waals surface area contributed by atoms with Crippen molar-refractivity contribution < 1.29 is 4.79 Å². The van der Waals surface area contributed by atoms with Crippen LogP contribution >= 0.6 is 11.3 Å². The molecule has 0 N–H and O–H groups in total. The molecule has 0 aliphatic carbocycles. The molecule has 0 aromatic carbocycles. The summed E-state index contributed by atoms with van der Waals surface area (Å²) >= 11 is 1.60. The minimum atomic E-state index is 0.210. The van der Waals surface area contributed by atoms with Crippen molar-refractivity contribution in [2.75, 3.05) is 0 Å². The highest BCUT2D eigenvalue weighted by Gasteiger charge is 2.23. The van der Waals surface area contributed by atoms with Gasteiger partial charge in [0.25, 0.3) is 0 Å². The fraction of sp³-hybridized carbons (Fsp3) is 0.615. The third-order valence-electron chi connectivity index (χ3n) is 2.99. The Labute approximate surface area is 96.5 Å². The second kappa shape index (κ2) is 4.48. The van der Waals surface area contributed by atoms with Crippen LogP contribution in [0.5, 0.6) is 0 Å². The maximum absolute atomic E-state index is 11.9. The van der Waals surface area contributed by atoms with E-state index in [1.165, 1.54) is 4.88 Å². The normalized spacial score (nSPS) is 13.9. The molecule has 1 atom stereocenters. The Bertz CT molecular complexity index is 344. The third-order valence-corrected chi connectivity index (χ3v) is 4.03. The van der Waals surface area contributed by atoms with E-state index < -0.39 is 0 Å². The van der Waals surface area contributed by atoms with E-state index in [2.05, 4.69) is 27.7 Å². The first-order valence-corrected chi connectivity index (χ1v) is 6.22. The molecule has 1 aromatic heterocycles. The van der Waals surface area contributed by atoms with Crippen molar-refractivity contribution >= 4 is 17.1 Å². The summed E-state index contributed by atoms with van der Waals surface area (Å²) in [7, 11) is 0. The number of ketones is 1. The SMILES string of the molecule is Cc1ccc(C(=O)CC(C)C(C)(C)C)s1. The van der Waals surface area contributed by atoms with E-state index in [1.54, 1.807) is 11.3 Å². The number of Topliss-reactive ketones (excluding diaryl/α,β-unsaturated/α-hetero) is 1. The van der Waals surface area contributed by atoms with E-state index in [0.29, 0.717) is 12.3 Å². The number of carbonyl (C=O) groups excluding carboxylic acids is 1. The number of aryl methyl sites for hydroxylation is 1. The van der Waals surface area contributed by atoms with Crippen molar-refractivity contribution in [3.63, 3.8) is 0 Å². The van der Waals surface area contributed by atoms with E-state index >= 15 is 0 Å². The average molecular weight is 224 g/mol. The van der Waals surface area contributed by atoms with Crippen molar-refractivity contribution in [3.05, 3.63) is 21.9 Å². The molecule has 0 saturated heterocycles. The lowest BCUT2D eigenvalue weighted by Gasteiger charge is -2.26. The first kappa shape index (κ1) is 12.4. The fourth-order valence-corrected chi connectivity index (χ4v) is 2.09. The summed E-state index contributed by atoms with van der Waals surface area (Å²) in [6.07, 6.45) is 0.656. The molecule has 1 nitrogen and oxygen atoms in total. The predicted molar refractivity (Wildman–Crippen MR) is 66.6 cm³/mol. The number of hydrogen-bond donors (Lipinski definition) is 0. The number of thiophene rings is 1. The molecule has 0 amide bonds. The summed E-state index contributed by atoms with van der Waals surface area (Å²) in [5.74, 6) is 0.711. The molecule has 84 valence electrons. The molecular weight excluding hydrogens is 204 g/mol. The highest BCUT2D eigenvalue weighted by atomic mass is 32.1. The highest BCUT2D eigenvalue weighted by Crippen LogP contribution is 2.30. The molecule has 0 bridgehead atoms. The lowest BCUT2D eigenvalue weighted by molar-refractivity contribution is 0.0931. The van der Waals surface area contributed by atoms with Crippen molar-refractivity contribution in [2.45, 2.75) is 41.0 Å². The smallest absolute Gasteiger partial charge is 0.173 e. The van der Waals surface area contributed by atoms with E-state index in [0.717, 1.165) is 4.88 Å². The standard InChI is InChI=1S/C13H20OS/c1-9(13(3,4)5)8-11(14)12-7-6-10(2)15-12/h6-7,9H,8H2,1-5H3. The maximum Gasteiger partial charge on any atom is 0.173 e. The first-order chi connectivity index (χ1) is 6.80. The molecule has 1 rings (SSSR count). The number of carbonyl (C=O) groups is 1. The van der Waals surface area contributed by atoms with Crippen LogP contribution in [0.4, 0.5) is 0 Å². The van der Waals surface area contributed by atoms with Gasteiger partial charge < -0.3 is 0 Å². The van der Waals surface area contributed by atoms with Gasteiger partial charge in [-0.25, -0.2) is 0 Å². The summed E-state index contributed by atoms with van der Waals surface area (Å²) in [5.41, 5.74) is 0.210. The summed E-state index contributed by atoms with van der Waals surface area (Å²) in [4.78, 5) is 14.0. The van der Waals surface area contributed by atoms with Crippen LogP contribution in [0.25, 0.3) is 0 Å². The van der Waals surface area contributed by atoms with E-state index in [4.69, 9.17) is 0 Å². The highest BCUT2D eigenvalue weighted by molar-refractivity contribution is 7.14. The lowest BCUT2D eigenvalue weighted by Crippen LogP contribution is -2.20. The van der Waals surface area contributed by atoms with Gasteiger partial charge in [-0.05, 0) is 30.4 Å². The quantitative estimate of drug-likeness (QED) is 0.699. The summed E-state index contributed by atoms with van der Waals surface area (Å²) < 4.78 is 0. The Morgan fingerprint density at radius 1 is 1.40 bits per heavy atom. The Morgan fingerprint density at radius 3 is 2.40 bits per heavy atom. The molecule has 1 heterocycles. The van der Waals surface area contributed by atoms with Crippen LogP contribution < -0.4 is 0 Å². The zero-order valence-electron chi connectivity index (χ0n) is 10.3. The van der Waals surface area contributed by atoms with Gasteiger partial charge in [0.2, 0.25) is 0 Å². The van der Waals surface area contributed by atoms with Crippen LogP contribution in [0, 0.1) is 18.3 Å². The molecule has 15 heavy (non-hydrogen) atoms. The number of rotatable bonds is 3.